The fourth-order valence-corrected chi connectivity index (χ4v) is 1.97. The average molecular weight is 316 g/mol. The molecule has 0 saturated heterocycles. The minimum absolute atomic E-state index is 0.160. The lowest BCUT2D eigenvalue weighted by molar-refractivity contribution is -0.139. The zero-order valence-electron chi connectivity index (χ0n) is 7.29. The Morgan fingerprint density at radius 3 is 2.56 bits per heavy atom. The fraction of sp³-hybridized carbons (Fsp3) is 0.143. The zero-order valence-corrected chi connectivity index (χ0v) is 9.70. The second-order valence-electron chi connectivity index (χ2n) is 2.80. The Bertz CT molecular complexity index is 538. The first kappa shape index (κ1) is 11.6. The van der Waals surface area contributed by atoms with E-state index in [1.807, 2.05) is 0 Å². The second kappa shape index (κ2) is 3.88. The van der Waals surface area contributed by atoms with Gasteiger partial charge in [-0.15, -0.1) is 3.89 Å². The molecule has 2 aromatic rings. The Morgan fingerprint density at radius 2 is 2.00 bits per heavy atom. The lowest BCUT2D eigenvalue weighted by Gasteiger charge is -2.08. The van der Waals surface area contributed by atoms with E-state index in [0.29, 0.717) is 8.56 Å². The molecule has 0 aliphatic rings. The van der Waals surface area contributed by atoms with Crippen LogP contribution in [0.2, 0.25) is 0 Å². The Hall–Kier alpha value is -0.830. The summed E-state index contributed by atoms with van der Waals surface area (Å²) in [6.45, 7) is 0. The highest BCUT2D eigenvalue weighted by Gasteiger charge is 2.36. The van der Waals surface area contributed by atoms with Gasteiger partial charge in [0, 0.05) is 16.1 Å². The molecule has 2 aromatic heterocycles. The number of alkyl halides is 3. The Labute approximate surface area is 99.4 Å². The third-order valence-electron chi connectivity index (χ3n) is 1.86. The van der Waals surface area contributed by atoms with Crippen molar-refractivity contribution in [3.63, 3.8) is 0 Å². The summed E-state index contributed by atoms with van der Waals surface area (Å²) >= 11 is 2.61. The number of nitrogens with zero attached hydrogens (tertiary/aromatic N) is 3. The molecule has 0 bridgehead atoms. The first-order valence-electron chi connectivity index (χ1n) is 3.83. The number of hydrogen-bond donors (Lipinski definition) is 0. The summed E-state index contributed by atoms with van der Waals surface area (Å²) in [5.74, 6) is 0. The molecule has 0 atom stereocenters. The van der Waals surface area contributed by atoms with Crippen LogP contribution in [0.3, 0.4) is 0 Å². The van der Waals surface area contributed by atoms with E-state index in [9.17, 15) is 17.1 Å². The van der Waals surface area contributed by atoms with Crippen LogP contribution >= 0.6 is 28.3 Å². The monoisotopic (exact) mass is 315 g/mol. The van der Waals surface area contributed by atoms with Crippen molar-refractivity contribution in [3.8, 4) is 0 Å². The van der Waals surface area contributed by atoms with Crippen molar-refractivity contribution < 1.29 is 17.1 Å². The van der Waals surface area contributed by atoms with Gasteiger partial charge in [-0.1, -0.05) is 0 Å². The minimum atomic E-state index is -4.65. The standard InChI is InChI=1S/C7H2BrF4N3S/c8-4-2-13-6(7(9,10)11)5-3(4)1-14-15(5)16-12/h1-2H. The number of aromatic nitrogens is 3. The van der Waals surface area contributed by atoms with Crippen LogP contribution < -0.4 is 0 Å². The predicted octanol–water partition coefficient (Wildman–Crippen LogP) is 3.59. The third kappa shape index (κ3) is 1.77. The minimum Gasteiger partial charge on any atom is -0.248 e. The predicted molar refractivity (Wildman–Crippen MR) is 54.3 cm³/mol. The fourth-order valence-electron chi connectivity index (χ4n) is 1.24. The van der Waals surface area contributed by atoms with E-state index in [1.54, 1.807) is 0 Å². The number of rotatable bonds is 1. The third-order valence-corrected chi connectivity index (χ3v) is 2.90. The molecule has 2 rings (SSSR count). The zero-order chi connectivity index (χ0) is 11.9. The van der Waals surface area contributed by atoms with Crippen LogP contribution in [0.1, 0.15) is 5.69 Å². The number of halogens is 5. The molecule has 0 radical (unpaired) electrons. The summed E-state index contributed by atoms with van der Waals surface area (Å²) in [5, 5.41) is 3.64. The first-order valence-corrected chi connectivity index (χ1v) is 5.30. The van der Waals surface area contributed by atoms with Gasteiger partial charge in [0.25, 0.3) is 0 Å². The molecule has 16 heavy (non-hydrogen) atoms. The molecule has 2 heterocycles. The summed E-state index contributed by atoms with van der Waals surface area (Å²) in [7, 11) is 0. The van der Waals surface area contributed by atoms with Gasteiger partial charge in [-0.2, -0.15) is 22.4 Å². The molecular weight excluding hydrogens is 314 g/mol. The molecule has 0 aromatic carbocycles. The summed E-state index contributed by atoms with van der Waals surface area (Å²) in [6.07, 6.45) is -2.49. The van der Waals surface area contributed by atoms with Gasteiger partial charge in [-0.05, 0) is 15.9 Å². The van der Waals surface area contributed by atoms with Crippen molar-refractivity contribution in [1.82, 2.24) is 14.2 Å². The first-order chi connectivity index (χ1) is 7.45. The lowest BCUT2D eigenvalue weighted by atomic mass is 10.2. The van der Waals surface area contributed by atoms with Gasteiger partial charge >= 0.3 is 6.18 Å². The Kier molecular flexibility index (Phi) is 2.82. The van der Waals surface area contributed by atoms with E-state index < -0.39 is 29.7 Å². The van der Waals surface area contributed by atoms with Crippen molar-refractivity contribution in [2.24, 2.45) is 0 Å². The Morgan fingerprint density at radius 1 is 1.31 bits per heavy atom. The van der Waals surface area contributed by atoms with E-state index in [2.05, 4.69) is 26.0 Å². The molecule has 0 spiro atoms. The molecule has 0 saturated carbocycles. The van der Waals surface area contributed by atoms with E-state index in [0.717, 1.165) is 12.4 Å². The van der Waals surface area contributed by atoms with Crippen molar-refractivity contribution in [3.05, 3.63) is 22.6 Å². The molecule has 3 nitrogen and oxygen atoms in total. The van der Waals surface area contributed by atoms with Crippen LogP contribution in [-0.4, -0.2) is 14.2 Å². The maximum absolute atomic E-state index is 12.6. The molecule has 0 amide bonds. The van der Waals surface area contributed by atoms with Gasteiger partial charge in [0.15, 0.2) is 18.0 Å². The average Bonchev–Trinajstić information content (AvgIpc) is 2.60. The molecule has 86 valence electrons. The van der Waals surface area contributed by atoms with E-state index in [-0.39, 0.29) is 5.39 Å². The molecule has 0 fully saturated rings. The van der Waals surface area contributed by atoms with E-state index in [4.69, 9.17) is 0 Å². The SMILES string of the molecule is FSn1ncc2c(Br)cnc(C(F)(F)F)c21. The van der Waals surface area contributed by atoms with E-state index in [1.165, 1.54) is 0 Å². The molecule has 0 N–H and O–H groups in total. The lowest BCUT2D eigenvalue weighted by Crippen LogP contribution is -2.10. The highest BCUT2D eigenvalue weighted by molar-refractivity contribution is 9.10. The summed E-state index contributed by atoms with van der Waals surface area (Å²) < 4.78 is 51.0. The van der Waals surface area contributed by atoms with Crippen molar-refractivity contribution in [2.75, 3.05) is 0 Å². The molecule has 0 unspecified atom stereocenters. The summed E-state index contributed by atoms with van der Waals surface area (Å²) in [4.78, 5) is 3.25. The highest BCUT2D eigenvalue weighted by Crippen LogP contribution is 2.36. The van der Waals surface area contributed by atoms with Gasteiger partial charge in [0.05, 0.1) is 6.20 Å². The quantitative estimate of drug-likeness (QED) is 0.753. The topological polar surface area (TPSA) is 30.7 Å². The highest BCUT2D eigenvalue weighted by atomic mass is 79.9. The maximum atomic E-state index is 12.6. The number of pyridine rings is 1. The van der Waals surface area contributed by atoms with Crippen molar-refractivity contribution in [2.45, 2.75) is 6.18 Å². The van der Waals surface area contributed by atoms with Crippen LogP contribution in [0.5, 0.6) is 0 Å². The van der Waals surface area contributed by atoms with Gasteiger partial charge < -0.3 is 0 Å². The van der Waals surface area contributed by atoms with Crippen molar-refractivity contribution in [1.29, 1.82) is 0 Å². The van der Waals surface area contributed by atoms with E-state index >= 15 is 0 Å². The van der Waals surface area contributed by atoms with Gasteiger partial charge in [-0.3, -0.25) is 0 Å². The molecule has 9 heteroatoms. The Balaban J connectivity index is 2.84. The van der Waals surface area contributed by atoms with Crippen molar-refractivity contribution >= 4 is 39.2 Å². The second-order valence-corrected chi connectivity index (χ2v) is 4.14. The van der Waals surface area contributed by atoms with Gasteiger partial charge in [0.2, 0.25) is 0 Å². The van der Waals surface area contributed by atoms with Crippen LogP contribution in [0.4, 0.5) is 17.1 Å². The molecular formula is C7H2BrF4N3S. The van der Waals surface area contributed by atoms with Crippen LogP contribution in [0, 0.1) is 0 Å². The summed E-state index contributed by atoms with van der Waals surface area (Å²) in [5.41, 5.74) is -1.55. The largest absolute Gasteiger partial charge is 0.435 e. The van der Waals surface area contributed by atoms with Crippen LogP contribution in [0.25, 0.3) is 10.9 Å². The number of hydrogen-bond acceptors (Lipinski definition) is 3. The van der Waals surface area contributed by atoms with Crippen LogP contribution in [0.15, 0.2) is 16.9 Å². The van der Waals surface area contributed by atoms with Crippen LogP contribution in [-0.2, 0) is 6.18 Å². The smallest absolute Gasteiger partial charge is 0.248 e. The molecule has 0 aliphatic heterocycles. The number of fused-ring (bicyclic) bond motifs is 1. The van der Waals surface area contributed by atoms with Gasteiger partial charge in [-0.25, -0.2) is 4.98 Å². The summed E-state index contributed by atoms with van der Waals surface area (Å²) in [6, 6.07) is 0. The molecule has 0 aliphatic carbocycles. The van der Waals surface area contributed by atoms with Gasteiger partial charge in [0.1, 0.15) is 5.52 Å². The normalized spacial score (nSPS) is 12.3. The maximum Gasteiger partial charge on any atom is 0.435 e.